The molecule has 0 rings (SSSR count). The zero-order valence-electron chi connectivity index (χ0n) is 5.98. The Kier molecular flexibility index (Phi) is 3.76. The Bertz CT molecular complexity index is 123. The van der Waals surface area contributed by atoms with E-state index in [-0.39, 0.29) is 5.78 Å². The first-order valence-corrected chi connectivity index (χ1v) is 3.13. The quantitative estimate of drug-likeness (QED) is 0.579. The minimum absolute atomic E-state index is 0.123. The van der Waals surface area contributed by atoms with Gasteiger partial charge in [-0.2, -0.15) is 0 Å². The van der Waals surface area contributed by atoms with Crippen LogP contribution in [0.2, 0.25) is 0 Å². The first kappa shape index (κ1) is 8.21. The second-order valence-corrected chi connectivity index (χ2v) is 2.10. The van der Waals surface area contributed by atoms with Crippen LogP contribution in [0.25, 0.3) is 0 Å². The number of allylic oxidation sites excluding steroid dienone is 2. The van der Waals surface area contributed by atoms with Gasteiger partial charge >= 0.3 is 0 Å². The van der Waals surface area contributed by atoms with Gasteiger partial charge in [0, 0.05) is 12.1 Å². The summed E-state index contributed by atoms with van der Waals surface area (Å²) in [4.78, 5) is 10.7. The highest BCUT2D eigenvalue weighted by atomic mass is 16.1. The predicted molar refractivity (Wildman–Crippen MR) is 37.9 cm³/mol. The highest BCUT2D eigenvalue weighted by Gasteiger charge is 1.92. The van der Waals surface area contributed by atoms with Crippen LogP contribution in [0.1, 0.15) is 26.7 Å². The van der Waals surface area contributed by atoms with Crippen molar-refractivity contribution in [1.29, 1.82) is 0 Å². The first-order valence-electron chi connectivity index (χ1n) is 3.13. The smallest absolute Gasteiger partial charge is 0.157 e. The van der Waals surface area contributed by atoms with Gasteiger partial charge in [-0.25, -0.2) is 0 Å². The Balaban J connectivity index is 3.63. The van der Waals surface area contributed by atoms with Gasteiger partial charge in [0.1, 0.15) is 0 Å². The molecular formula is C7H13NO. The van der Waals surface area contributed by atoms with Crippen molar-refractivity contribution in [3.05, 3.63) is 11.8 Å². The Morgan fingerprint density at radius 1 is 1.67 bits per heavy atom. The number of carbonyl (C=O) groups excluding carboxylic acids is 1. The Morgan fingerprint density at radius 3 is 2.56 bits per heavy atom. The first-order chi connectivity index (χ1) is 4.16. The number of carbonyl (C=O) groups is 1. The van der Waals surface area contributed by atoms with E-state index in [9.17, 15) is 4.79 Å². The third-order valence-electron chi connectivity index (χ3n) is 0.885. The number of ketones is 1. The summed E-state index contributed by atoms with van der Waals surface area (Å²) < 4.78 is 0. The van der Waals surface area contributed by atoms with Gasteiger partial charge in [0.2, 0.25) is 0 Å². The highest BCUT2D eigenvalue weighted by Crippen LogP contribution is 1.91. The molecule has 0 saturated heterocycles. The fourth-order valence-electron chi connectivity index (χ4n) is 0.573. The monoisotopic (exact) mass is 127 g/mol. The molecule has 2 heteroatoms. The molecule has 0 bridgehead atoms. The van der Waals surface area contributed by atoms with E-state index in [4.69, 9.17) is 5.73 Å². The SMILES string of the molecule is CCCC(=O)/C=C(\C)N. The highest BCUT2D eigenvalue weighted by molar-refractivity contribution is 5.89. The van der Waals surface area contributed by atoms with Gasteiger partial charge in [0.15, 0.2) is 5.78 Å². The standard InChI is InChI=1S/C7H13NO/c1-3-4-7(9)5-6(2)8/h5H,3-4,8H2,1-2H3/b6-5+. The van der Waals surface area contributed by atoms with Gasteiger partial charge in [0.25, 0.3) is 0 Å². The summed E-state index contributed by atoms with van der Waals surface area (Å²) in [6.45, 7) is 3.69. The summed E-state index contributed by atoms with van der Waals surface area (Å²) in [6.07, 6.45) is 2.97. The van der Waals surface area contributed by atoms with E-state index in [1.54, 1.807) is 6.92 Å². The van der Waals surface area contributed by atoms with Crippen LogP contribution < -0.4 is 5.73 Å². The van der Waals surface area contributed by atoms with E-state index in [0.717, 1.165) is 6.42 Å². The van der Waals surface area contributed by atoms with Crippen molar-refractivity contribution < 1.29 is 4.79 Å². The molecule has 0 aliphatic rings. The van der Waals surface area contributed by atoms with Crippen LogP contribution in [0.4, 0.5) is 0 Å². The molecule has 0 amide bonds. The molecule has 0 spiro atoms. The molecule has 0 aliphatic heterocycles. The minimum Gasteiger partial charge on any atom is -0.402 e. The lowest BCUT2D eigenvalue weighted by Crippen LogP contribution is -1.97. The van der Waals surface area contributed by atoms with E-state index < -0.39 is 0 Å². The molecule has 0 saturated carbocycles. The average Bonchev–Trinajstić information content (AvgIpc) is 1.63. The molecule has 0 radical (unpaired) electrons. The largest absolute Gasteiger partial charge is 0.402 e. The fraction of sp³-hybridized carbons (Fsp3) is 0.571. The van der Waals surface area contributed by atoms with Crippen LogP contribution in [-0.4, -0.2) is 5.78 Å². The molecule has 0 aromatic rings. The molecule has 52 valence electrons. The van der Waals surface area contributed by atoms with Crippen molar-refractivity contribution in [3.63, 3.8) is 0 Å². The van der Waals surface area contributed by atoms with E-state index in [2.05, 4.69) is 0 Å². The Hall–Kier alpha value is -0.790. The molecular weight excluding hydrogens is 114 g/mol. The normalized spacial score (nSPS) is 11.6. The molecule has 9 heavy (non-hydrogen) atoms. The zero-order chi connectivity index (χ0) is 7.28. The third-order valence-corrected chi connectivity index (χ3v) is 0.885. The van der Waals surface area contributed by atoms with Gasteiger partial charge in [-0.3, -0.25) is 4.79 Å². The van der Waals surface area contributed by atoms with Crippen molar-refractivity contribution in [2.75, 3.05) is 0 Å². The maximum absolute atomic E-state index is 10.7. The molecule has 0 unspecified atom stereocenters. The molecule has 0 fully saturated rings. The second-order valence-electron chi connectivity index (χ2n) is 2.10. The van der Waals surface area contributed by atoms with Crippen LogP contribution in [0.3, 0.4) is 0 Å². The van der Waals surface area contributed by atoms with Crippen LogP contribution in [0.15, 0.2) is 11.8 Å². The summed E-state index contributed by atoms with van der Waals surface area (Å²) in [5.41, 5.74) is 5.86. The number of nitrogens with two attached hydrogens (primary N) is 1. The van der Waals surface area contributed by atoms with Crippen molar-refractivity contribution in [3.8, 4) is 0 Å². The van der Waals surface area contributed by atoms with E-state index >= 15 is 0 Å². The molecule has 2 N–H and O–H groups in total. The molecule has 0 aromatic heterocycles. The van der Waals surface area contributed by atoms with Crippen molar-refractivity contribution in [2.24, 2.45) is 5.73 Å². The zero-order valence-corrected chi connectivity index (χ0v) is 5.98. The van der Waals surface area contributed by atoms with Gasteiger partial charge < -0.3 is 5.73 Å². The summed E-state index contributed by atoms with van der Waals surface area (Å²) in [5, 5.41) is 0. The van der Waals surface area contributed by atoms with E-state index in [0.29, 0.717) is 12.1 Å². The lowest BCUT2D eigenvalue weighted by Gasteiger charge is -1.89. The summed E-state index contributed by atoms with van der Waals surface area (Å²) in [6, 6.07) is 0. The molecule has 0 aromatic carbocycles. The second kappa shape index (κ2) is 4.13. The lowest BCUT2D eigenvalue weighted by molar-refractivity contribution is -0.114. The summed E-state index contributed by atoms with van der Waals surface area (Å²) in [7, 11) is 0. The van der Waals surface area contributed by atoms with Crippen LogP contribution in [0, 0.1) is 0 Å². The molecule has 0 atom stereocenters. The number of hydrogen-bond acceptors (Lipinski definition) is 2. The van der Waals surface area contributed by atoms with Gasteiger partial charge in [0.05, 0.1) is 0 Å². The lowest BCUT2D eigenvalue weighted by atomic mass is 10.2. The average molecular weight is 127 g/mol. The van der Waals surface area contributed by atoms with Crippen molar-refractivity contribution in [1.82, 2.24) is 0 Å². The number of rotatable bonds is 3. The van der Waals surface area contributed by atoms with Gasteiger partial charge in [-0.05, 0) is 19.4 Å². The Morgan fingerprint density at radius 2 is 2.22 bits per heavy atom. The van der Waals surface area contributed by atoms with Crippen molar-refractivity contribution >= 4 is 5.78 Å². The number of hydrogen-bond donors (Lipinski definition) is 1. The minimum atomic E-state index is 0.123. The van der Waals surface area contributed by atoms with Gasteiger partial charge in [-0.1, -0.05) is 6.92 Å². The fourth-order valence-corrected chi connectivity index (χ4v) is 0.573. The van der Waals surface area contributed by atoms with Crippen LogP contribution in [-0.2, 0) is 4.79 Å². The molecule has 2 nitrogen and oxygen atoms in total. The molecule has 0 heterocycles. The van der Waals surface area contributed by atoms with E-state index in [1.807, 2.05) is 6.92 Å². The molecule has 0 aliphatic carbocycles. The third kappa shape index (κ3) is 5.07. The van der Waals surface area contributed by atoms with Gasteiger partial charge in [-0.15, -0.1) is 0 Å². The predicted octanol–water partition coefficient (Wildman–Crippen LogP) is 1.22. The van der Waals surface area contributed by atoms with E-state index in [1.165, 1.54) is 6.08 Å². The topological polar surface area (TPSA) is 43.1 Å². The van der Waals surface area contributed by atoms with Crippen molar-refractivity contribution in [2.45, 2.75) is 26.7 Å². The summed E-state index contributed by atoms with van der Waals surface area (Å²) >= 11 is 0. The van der Waals surface area contributed by atoms with Crippen LogP contribution >= 0.6 is 0 Å². The summed E-state index contributed by atoms with van der Waals surface area (Å²) in [5.74, 6) is 0.123. The maximum atomic E-state index is 10.7. The Labute approximate surface area is 55.7 Å². The maximum Gasteiger partial charge on any atom is 0.157 e. The van der Waals surface area contributed by atoms with Crippen LogP contribution in [0.5, 0.6) is 0 Å².